The minimum Gasteiger partial charge on any atom is -0.359 e. The quantitative estimate of drug-likeness (QED) is 0.881. The molecular formula is C13H16F3NO. The lowest BCUT2D eigenvalue weighted by atomic mass is 10.0. The normalized spacial score (nSPS) is 28.6. The summed E-state index contributed by atoms with van der Waals surface area (Å²) < 4.78 is 42.9. The van der Waals surface area contributed by atoms with Gasteiger partial charge in [-0.3, -0.25) is 5.32 Å². The predicted molar refractivity (Wildman–Crippen MR) is 62.1 cm³/mol. The molecule has 0 aromatic heterocycles. The number of hydrogen-bond donors (Lipinski definition) is 1. The molecule has 1 aromatic carbocycles. The monoisotopic (exact) mass is 259 g/mol. The number of ether oxygens (including phenoxy) is 1. The van der Waals surface area contributed by atoms with Crippen molar-refractivity contribution >= 4 is 0 Å². The van der Waals surface area contributed by atoms with E-state index < -0.39 is 17.5 Å². The fourth-order valence-electron chi connectivity index (χ4n) is 2.22. The van der Waals surface area contributed by atoms with E-state index in [1.165, 1.54) is 12.1 Å². The molecule has 2 unspecified atom stereocenters. The Bertz CT molecular complexity index is 415. The molecule has 0 aliphatic carbocycles. The summed E-state index contributed by atoms with van der Waals surface area (Å²) in [5.41, 5.74) is -0.281. The van der Waals surface area contributed by atoms with Crippen LogP contribution in [0.2, 0.25) is 0 Å². The van der Waals surface area contributed by atoms with Gasteiger partial charge >= 0.3 is 6.18 Å². The van der Waals surface area contributed by atoms with Gasteiger partial charge in [0, 0.05) is 12.5 Å². The molecule has 0 saturated carbocycles. The number of halogens is 3. The number of benzene rings is 1. The first-order valence-corrected chi connectivity index (χ1v) is 5.86. The Morgan fingerprint density at radius 3 is 2.39 bits per heavy atom. The Hall–Kier alpha value is -1.07. The number of nitrogens with one attached hydrogen (secondary N) is 1. The molecule has 1 fully saturated rings. The van der Waals surface area contributed by atoms with E-state index in [9.17, 15) is 13.2 Å². The van der Waals surface area contributed by atoms with Gasteiger partial charge in [-0.1, -0.05) is 12.1 Å². The van der Waals surface area contributed by atoms with Gasteiger partial charge in [0.1, 0.15) is 5.72 Å². The van der Waals surface area contributed by atoms with E-state index in [2.05, 4.69) is 5.32 Å². The van der Waals surface area contributed by atoms with E-state index in [4.69, 9.17) is 4.74 Å². The molecule has 1 heterocycles. The fraction of sp³-hybridized carbons (Fsp3) is 0.538. The molecule has 0 bridgehead atoms. The van der Waals surface area contributed by atoms with Gasteiger partial charge in [-0.15, -0.1) is 0 Å². The summed E-state index contributed by atoms with van der Waals surface area (Å²) in [6.07, 6.45) is -3.73. The lowest BCUT2D eigenvalue weighted by Gasteiger charge is -2.24. The maximum Gasteiger partial charge on any atom is 0.416 e. The third-order valence-electron chi connectivity index (χ3n) is 3.03. The highest BCUT2D eigenvalue weighted by molar-refractivity contribution is 5.25. The van der Waals surface area contributed by atoms with Crippen LogP contribution in [-0.4, -0.2) is 18.4 Å². The van der Waals surface area contributed by atoms with Crippen LogP contribution < -0.4 is 5.32 Å². The summed E-state index contributed by atoms with van der Waals surface area (Å²) in [6.45, 7) is 4.54. The van der Waals surface area contributed by atoms with Crippen LogP contribution in [0.15, 0.2) is 24.3 Å². The molecule has 0 radical (unpaired) electrons. The lowest BCUT2D eigenvalue weighted by molar-refractivity contribution is -0.137. The zero-order chi connectivity index (χ0) is 13.4. The minimum absolute atomic E-state index is 0.268. The van der Waals surface area contributed by atoms with Crippen molar-refractivity contribution in [3.63, 3.8) is 0 Å². The molecule has 18 heavy (non-hydrogen) atoms. The van der Waals surface area contributed by atoms with Crippen molar-refractivity contribution < 1.29 is 17.9 Å². The highest BCUT2D eigenvalue weighted by Gasteiger charge is 2.34. The van der Waals surface area contributed by atoms with Crippen LogP contribution in [0.3, 0.4) is 0 Å². The molecule has 0 amide bonds. The molecule has 1 aromatic rings. The summed E-state index contributed by atoms with van der Waals surface area (Å²) in [5, 5.41) is 3.28. The third kappa shape index (κ3) is 3.03. The van der Waals surface area contributed by atoms with E-state index in [1.54, 1.807) is 0 Å². The summed E-state index contributed by atoms with van der Waals surface area (Å²) >= 11 is 0. The largest absolute Gasteiger partial charge is 0.416 e. The molecule has 5 heteroatoms. The second-order valence-electron chi connectivity index (χ2n) is 4.96. The molecule has 2 atom stereocenters. The summed E-state index contributed by atoms with van der Waals surface area (Å²) in [7, 11) is 0. The van der Waals surface area contributed by atoms with Crippen molar-refractivity contribution in [3.05, 3.63) is 35.4 Å². The van der Waals surface area contributed by atoms with Crippen LogP contribution in [0.1, 0.15) is 25.0 Å². The van der Waals surface area contributed by atoms with Crippen LogP contribution in [-0.2, 0) is 17.3 Å². The Balaban J connectivity index is 2.07. The second kappa shape index (κ2) is 4.55. The molecule has 1 saturated heterocycles. The van der Waals surface area contributed by atoms with Crippen molar-refractivity contribution in [1.29, 1.82) is 0 Å². The van der Waals surface area contributed by atoms with Crippen LogP contribution in [0.25, 0.3) is 0 Å². The van der Waals surface area contributed by atoms with Crippen LogP contribution in [0, 0.1) is 0 Å². The molecule has 0 spiro atoms. The molecular weight excluding hydrogens is 243 g/mol. The lowest BCUT2D eigenvalue weighted by Crippen LogP contribution is -2.42. The number of alkyl halides is 3. The third-order valence-corrected chi connectivity index (χ3v) is 3.03. The highest BCUT2D eigenvalue weighted by Crippen LogP contribution is 2.30. The van der Waals surface area contributed by atoms with Gasteiger partial charge in [-0.25, -0.2) is 0 Å². The van der Waals surface area contributed by atoms with Gasteiger partial charge in [0.15, 0.2) is 0 Å². The minimum atomic E-state index is -4.28. The van der Waals surface area contributed by atoms with E-state index >= 15 is 0 Å². The van der Waals surface area contributed by atoms with Gasteiger partial charge in [-0.2, -0.15) is 13.2 Å². The summed E-state index contributed by atoms with van der Waals surface area (Å²) in [4.78, 5) is 0. The van der Waals surface area contributed by atoms with E-state index in [-0.39, 0.29) is 6.04 Å². The first-order valence-electron chi connectivity index (χ1n) is 5.86. The van der Waals surface area contributed by atoms with Crippen LogP contribution in [0.5, 0.6) is 0 Å². The first-order chi connectivity index (χ1) is 8.28. The van der Waals surface area contributed by atoms with Crippen LogP contribution in [0.4, 0.5) is 13.2 Å². The molecule has 1 aliphatic heterocycles. The zero-order valence-electron chi connectivity index (χ0n) is 10.3. The van der Waals surface area contributed by atoms with Crippen molar-refractivity contribution in [2.24, 2.45) is 0 Å². The zero-order valence-corrected chi connectivity index (χ0v) is 10.3. The molecule has 100 valence electrons. The molecule has 2 rings (SSSR count). The van der Waals surface area contributed by atoms with Crippen LogP contribution >= 0.6 is 0 Å². The maximum absolute atomic E-state index is 12.4. The smallest absolute Gasteiger partial charge is 0.359 e. The van der Waals surface area contributed by atoms with E-state index in [0.717, 1.165) is 17.7 Å². The number of hydrogen-bond acceptors (Lipinski definition) is 2. The average molecular weight is 259 g/mol. The Labute approximate surface area is 104 Å². The SMILES string of the molecule is CC1COC(C)(Cc2ccc(C(F)(F)F)cc2)N1. The Morgan fingerprint density at radius 1 is 1.33 bits per heavy atom. The van der Waals surface area contributed by atoms with Gasteiger partial charge in [0.2, 0.25) is 0 Å². The molecule has 1 aliphatic rings. The van der Waals surface area contributed by atoms with Gasteiger partial charge in [-0.05, 0) is 31.5 Å². The molecule has 2 nitrogen and oxygen atoms in total. The van der Waals surface area contributed by atoms with Gasteiger partial charge in [0.25, 0.3) is 0 Å². The second-order valence-corrected chi connectivity index (χ2v) is 4.96. The number of rotatable bonds is 2. The van der Waals surface area contributed by atoms with E-state index in [1.807, 2.05) is 13.8 Å². The highest BCUT2D eigenvalue weighted by atomic mass is 19.4. The van der Waals surface area contributed by atoms with Gasteiger partial charge < -0.3 is 4.74 Å². The van der Waals surface area contributed by atoms with Crippen molar-refractivity contribution in [2.75, 3.05) is 6.61 Å². The van der Waals surface area contributed by atoms with Gasteiger partial charge in [0.05, 0.1) is 12.2 Å². The first kappa shape index (κ1) is 13.4. The van der Waals surface area contributed by atoms with Crippen molar-refractivity contribution in [3.8, 4) is 0 Å². The fourth-order valence-corrected chi connectivity index (χ4v) is 2.22. The Morgan fingerprint density at radius 2 is 1.94 bits per heavy atom. The maximum atomic E-state index is 12.4. The Kier molecular flexibility index (Phi) is 3.38. The standard InChI is InChI=1S/C13H16F3NO/c1-9-8-18-12(2,17-9)7-10-3-5-11(6-4-10)13(14,15)16/h3-6,9,17H,7-8H2,1-2H3. The molecule has 1 N–H and O–H groups in total. The van der Waals surface area contributed by atoms with Crippen molar-refractivity contribution in [1.82, 2.24) is 5.32 Å². The average Bonchev–Trinajstić information content (AvgIpc) is 2.58. The summed E-state index contributed by atoms with van der Waals surface area (Å²) in [5.74, 6) is 0. The van der Waals surface area contributed by atoms with Crippen molar-refractivity contribution in [2.45, 2.75) is 38.2 Å². The van der Waals surface area contributed by atoms with E-state index in [0.29, 0.717) is 13.0 Å². The topological polar surface area (TPSA) is 21.3 Å². The predicted octanol–water partition coefficient (Wildman–Crippen LogP) is 2.97. The summed E-state index contributed by atoms with van der Waals surface area (Å²) in [6, 6.07) is 5.49.